The van der Waals surface area contributed by atoms with Crippen LogP contribution in [0, 0.1) is 0 Å². The van der Waals surface area contributed by atoms with Gasteiger partial charge in [-0.15, -0.1) is 13.2 Å². The Morgan fingerprint density at radius 3 is 2.48 bits per heavy atom. The lowest BCUT2D eigenvalue weighted by Crippen LogP contribution is -2.40. The summed E-state index contributed by atoms with van der Waals surface area (Å²) in [6.45, 7) is 1.61. The molecule has 0 bridgehead atoms. The minimum Gasteiger partial charge on any atom is -0.406 e. The summed E-state index contributed by atoms with van der Waals surface area (Å²) >= 11 is 0. The second-order valence-corrected chi connectivity index (χ2v) is 5.89. The first-order chi connectivity index (χ1) is 11.9. The van der Waals surface area contributed by atoms with Crippen LogP contribution in [0.3, 0.4) is 0 Å². The highest BCUT2D eigenvalue weighted by Crippen LogP contribution is 2.30. The van der Waals surface area contributed by atoms with Gasteiger partial charge in [-0.25, -0.2) is 15.0 Å². The van der Waals surface area contributed by atoms with Crippen LogP contribution in [0.15, 0.2) is 30.6 Å². The van der Waals surface area contributed by atoms with E-state index in [0.29, 0.717) is 28.2 Å². The minimum atomic E-state index is -4.71. The monoisotopic (exact) mass is 349 g/mol. The molecule has 6 nitrogen and oxygen atoms in total. The van der Waals surface area contributed by atoms with Gasteiger partial charge in [0.1, 0.15) is 22.8 Å². The van der Waals surface area contributed by atoms with Crippen molar-refractivity contribution in [2.24, 2.45) is 7.05 Å². The molecule has 0 aliphatic carbocycles. The molecule has 1 aromatic carbocycles. The van der Waals surface area contributed by atoms with Crippen molar-refractivity contribution in [3.05, 3.63) is 36.4 Å². The van der Waals surface area contributed by atoms with Gasteiger partial charge in [0.2, 0.25) is 0 Å². The molecule has 3 aromatic rings. The second kappa shape index (κ2) is 5.69. The highest BCUT2D eigenvalue weighted by molar-refractivity contribution is 5.87. The zero-order valence-corrected chi connectivity index (χ0v) is 13.2. The molecule has 0 radical (unpaired) electrons. The maximum atomic E-state index is 12.3. The van der Waals surface area contributed by atoms with Gasteiger partial charge in [0, 0.05) is 31.6 Å². The molecule has 1 fully saturated rings. The van der Waals surface area contributed by atoms with Gasteiger partial charge in [0.25, 0.3) is 0 Å². The maximum absolute atomic E-state index is 12.3. The predicted octanol–water partition coefficient (Wildman–Crippen LogP) is 2.62. The summed E-state index contributed by atoms with van der Waals surface area (Å²) in [7, 11) is 1.84. The number of rotatable bonds is 3. The SMILES string of the molecule is Cn1cnc2c(-c3ccc(OC(F)(F)F)cc3)nc(C3CNC3)nc21. The number of alkyl halides is 3. The maximum Gasteiger partial charge on any atom is 0.573 e. The van der Waals surface area contributed by atoms with Crippen molar-refractivity contribution < 1.29 is 17.9 Å². The third-order valence-electron chi connectivity index (χ3n) is 4.08. The van der Waals surface area contributed by atoms with Crippen molar-refractivity contribution in [1.29, 1.82) is 0 Å². The largest absolute Gasteiger partial charge is 0.573 e. The number of ether oxygens (including phenoxy) is 1. The second-order valence-electron chi connectivity index (χ2n) is 5.89. The lowest BCUT2D eigenvalue weighted by Gasteiger charge is -2.25. The first kappa shape index (κ1) is 15.8. The molecule has 130 valence electrons. The number of halogens is 3. The molecule has 0 amide bonds. The Balaban J connectivity index is 1.77. The van der Waals surface area contributed by atoms with E-state index >= 15 is 0 Å². The number of aromatic nitrogens is 4. The molecule has 4 rings (SSSR count). The van der Waals surface area contributed by atoms with E-state index in [0.717, 1.165) is 13.1 Å². The summed E-state index contributed by atoms with van der Waals surface area (Å²) in [5.41, 5.74) is 2.57. The molecule has 3 heterocycles. The van der Waals surface area contributed by atoms with E-state index < -0.39 is 6.36 Å². The molecule has 1 aliphatic heterocycles. The molecule has 0 unspecified atom stereocenters. The number of hydrogen-bond acceptors (Lipinski definition) is 5. The third-order valence-corrected chi connectivity index (χ3v) is 4.08. The molecule has 1 aliphatic rings. The lowest BCUT2D eigenvalue weighted by molar-refractivity contribution is -0.274. The Kier molecular flexibility index (Phi) is 3.60. The van der Waals surface area contributed by atoms with Crippen LogP contribution in [0.5, 0.6) is 5.75 Å². The van der Waals surface area contributed by atoms with Crippen molar-refractivity contribution in [3.63, 3.8) is 0 Å². The molecular formula is C16H14F3N5O. The molecule has 0 atom stereocenters. The van der Waals surface area contributed by atoms with Crippen LogP contribution in [0.25, 0.3) is 22.4 Å². The van der Waals surface area contributed by atoms with Gasteiger partial charge in [0.05, 0.1) is 6.33 Å². The Hall–Kier alpha value is -2.68. The first-order valence-electron chi connectivity index (χ1n) is 7.66. The van der Waals surface area contributed by atoms with E-state index in [1.54, 1.807) is 23.0 Å². The van der Waals surface area contributed by atoms with Crippen molar-refractivity contribution >= 4 is 11.2 Å². The van der Waals surface area contributed by atoms with Crippen LogP contribution in [0.2, 0.25) is 0 Å². The fourth-order valence-corrected chi connectivity index (χ4v) is 2.69. The van der Waals surface area contributed by atoms with Crippen LogP contribution in [-0.2, 0) is 7.05 Å². The van der Waals surface area contributed by atoms with E-state index in [1.165, 1.54) is 12.1 Å². The zero-order chi connectivity index (χ0) is 17.6. The van der Waals surface area contributed by atoms with Gasteiger partial charge in [-0.3, -0.25) is 0 Å². The van der Waals surface area contributed by atoms with Crippen LogP contribution in [0.1, 0.15) is 11.7 Å². The van der Waals surface area contributed by atoms with Crippen LogP contribution >= 0.6 is 0 Å². The summed E-state index contributed by atoms with van der Waals surface area (Å²) in [5.74, 6) is 0.664. The van der Waals surface area contributed by atoms with Gasteiger partial charge in [0.15, 0.2) is 5.65 Å². The lowest BCUT2D eigenvalue weighted by atomic mass is 10.0. The summed E-state index contributed by atoms with van der Waals surface area (Å²) in [5, 5.41) is 3.18. The molecule has 25 heavy (non-hydrogen) atoms. The van der Waals surface area contributed by atoms with E-state index in [-0.39, 0.29) is 11.7 Å². The number of aryl methyl sites for hydroxylation is 1. The van der Waals surface area contributed by atoms with Crippen LogP contribution < -0.4 is 10.1 Å². The molecule has 0 spiro atoms. The highest BCUT2D eigenvalue weighted by Gasteiger charge is 2.31. The summed E-state index contributed by atoms with van der Waals surface area (Å²) in [6.07, 6.45) is -3.07. The average Bonchev–Trinajstić information content (AvgIpc) is 2.86. The zero-order valence-electron chi connectivity index (χ0n) is 13.2. The van der Waals surface area contributed by atoms with Gasteiger partial charge >= 0.3 is 6.36 Å². The standard InChI is InChI=1S/C16H14F3N5O/c1-24-8-21-13-12(22-14(23-15(13)24)10-6-20-7-10)9-2-4-11(5-3-9)25-16(17,18)19/h2-5,8,10,20H,6-7H2,1H3. The number of imidazole rings is 1. The van der Waals surface area contributed by atoms with Crippen LogP contribution in [-0.4, -0.2) is 39.0 Å². The number of benzene rings is 1. The van der Waals surface area contributed by atoms with Crippen molar-refractivity contribution in [3.8, 4) is 17.0 Å². The summed E-state index contributed by atoms with van der Waals surface area (Å²) in [6, 6.07) is 5.62. The summed E-state index contributed by atoms with van der Waals surface area (Å²) in [4.78, 5) is 13.5. The Bertz CT molecular complexity index is 916. The first-order valence-corrected chi connectivity index (χ1v) is 7.66. The Morgan fingerprint density at radius 2 is 1.88 bits per heavy atom. The molecule has 1 N–H and O–H groups in total. The van der Waals surface area contributed by atoms with E-state index in [9.17, 15) is 13.2 Å². The fourth-order valence-electron chi connectivity index (χ4n) is 2.69. The third kappa shape index (κ3) is 3.02. The number of fused-ring (bicyclic) bond motifs is 1. The molecular weight excluding hydrogens is 335 g/mol. The van der Waals surface area contributed by atoms with E-state index in [1.807, 2.05) is 7.05 Å². The minimum absolute atomic E-state index is 0.228. The Morgan fingerprint density at radius 1 is 1.16 bits per heavy atom. The smallest absolute Gasteiger partial charge is 0.406 e. The highest BCUT2D eigenvalue weighted by atomic mass is 19.4. The molecule has 0 saturated carbocycles. The van der Waals surface area contributed by atoms with Gasteiger partial charge in [-0.1, -0.05) is 0 Å². The van der Waals surface area contributed by atoms with Crippen molar-refractivity contribution in [2.45, 2.75) is 12.3 Å². The van der Waals surface area contributed by atoms with Crippen molar-refractivity contribution in [2.75, 3.05) is 13.1 Å². The topological polar surface area (TPSA) is 64.9 Å². The quantitative estimate of drug-likeness (QED) is 0.787. The van der Waals surface area contributed by atoms with Crippen molar-refractivity contribution in [1.82, 2.24) is 24.8 Å². The fraction of sp³-hybridized carbons (Fsp3) is 0.312. The Labute approximate surface area is 140 Å². The van der Waals surface area contributed by atoms with E-state index in [4.69, 9.17) is 0 Å². The molecule has 2 aromatic heterocycles. The predicted molar refractivity (Wildman–Crippen MR) is 84.0 cm³/mol. The number of nitrogens with zero attached hydrogens (tertiary/aromatic N) is 4. The normalized spacial score (nSPS) is 15.4. The average molecular weight is 349 g/mol. The number of hydrogen-bond donors (Lipinski definition) is 1. The molecule has 1 saturated heterocycles. The van der Waals surface area contributed by atoms with Gasteiger partial charge in [-0.2, -0.15) is 0 Å². The van der Waals surface area contributed by atoms with E-state index in [2.05, 4.69) is 25.0 Å². The number of nitrogens with one attached hydrogen (secondary N) is 1. The van der Waals surface area contributed by atoms with Crippen LogP contribution in [0.4, 0.5) is 13.2 Å². The van der Waals surface area contributed by atoms with Gasteiger partial charge < -0.3 is 14.6 Å². The van der Waals surface area contributed by atoms with Gasteiger partial charge in [-0.05, 0) is 24.3 Å². The molecule has 9 heteroatoms. The summed E-state index contributed by atoms with van der Waals surface area (Å²) < 4.78 is 42.6.